The molecule has 1 aromatic carbocycles. The zero-order valence-electron chi connectivity index (χ0n) is 17.8. The number of fused-ring (bicyclic) bond motifs is 1. The van der Waals surface area contributed by atoms with Gasteiger partial charge in [0.1, 0.15) is 11.1 Å². The van der Waals surface area contributed by atoms with Gasteiger partial charge in [0.05, 0.1) is 15.7 Å². The Hall–Kier alpha value is -2.90. The molecule has 0 spiro atoms. The largest absolute Gasteiger partial charge is 0.325 e. The summed E-state index contributed by atoms with van der Waals surface area (Å²) in [5.74, 6) is -0.948. The third-order valence-electron chi connectivity index (χ3n) is 5.01. The summed E-state index contributed by atoms with van der Waals surface area (Å²) in [7, 11) is -3.94. The molecule has 0 radical (unpaired) electrons. The number of carbonyl (C=O) groups is 2. The summed E-state index contributed by atoms with van der Waals surface area (Å²) >= 11 is 1.27. The van der Waals surface area contributed by atoms with Crippen LogP contribution in [0.15, 0.2) is 40.3 Å². The van der Waals surface area contributed by atoms with Gasteiger partial charge in [0.25, 0.3) is 10.0 Å². The van der Waals surface area contributed by atoms with E-state index in [4.69, 9.17) is 0 Å². The normalized spacial score (nSPS) is 14.0. The molecule has 10 heteroatoms. The van der Waals surface area contributed by atoms with E-state index in [0.717, 1.165) is 43.9 Å². The molecule has 168 valence electrons. The van der Waals surface area contributed by atoms with Crippen LogP contribution in [0.1, 0.15) is 49.9 Å². The van der Waals surface area contributed by atoms with Gasteiger partial charge < -0.3 is 5.32 Å². The molecule has 1 unspecified atom stereocenters. The van der Waals surface area contributed by atoms with Crippen LogP contribution in [0.4, 0.5) is 5.69 Å². The van der Waals surface area contributed by atoms with Crippen molar-refractivity contribution in [3.8, 4) is 6.07 Å². The van der Waals surface area contributed by atoms with Gasteiger partial charge in [-0.05, 0) is 68.0 Å². The number of pyridine rings is 1. The molecule has 1 atom stereocenters. The molecule has 0 bridgehead atoms. The Balaban J connectivity index is 1.73. The first kappa shape index (κ1) is 23.8. The van der Waals surface area contributed by atoms with E-state index in [-0.39, 0.29) is 10.8 Å². The van der Waals surface area contributed by atoms with Crippen LogP contribution >= 0.6 is 11.8 Å². The van der Waals surface area contributed by atoms with Crippen LogP contribution in [-0.2, 0) is 32.5 Å². The zero-order chi connectivity index (χ0) is 23.3. The number of carbonyl (C=O) groups excluding carboxylic acids is 2. The monoisotopic (exact) mass is 472 g/mol. The summed E-state index contributed by atoms with van der Waals surface area (Å²) in [6.45, 7) is 2.99. The molecule has 0 aliphatic heterocycles. The number of aryl methyl sites for hydroxylation is 2. The third kappa shape index (κ3) is 5.66. The fourth-order valence-corrected chi connectivity index (χ4v) is 5.42. The molecule has 3 rings (SSSR count). The minimum absolute atomic E-state index is 0.0796. The third-order valence-corrected chi connectivity index (χ3v) is 7.83. The predicted molar refractivity (Wildman–Crippen MR) is 122 cm³/mol. The highest BCUT2D eigenvalue weighted by molar-refractivity contribution is 8.00. The average molecular weight is 473 g/mol. The second kappa shape index (κ2) is 10.1. The number of nitrogens with zero attached hydrogens (tertiary/aromatic N) is 2. The summed E-state index contributed by atoms with van der Waals surface area (Å²) in [6.07, 6.45) is 4.49. The van der Waals surface area contributed by atoms with E-state index in [0.29, 0.717) is 22.7 Å². The Labute approximate surface area is 191 Å². The van der Waals surface area contributed by atoms with E-state index in [2.05, 4.69) is 16.4 Å². The second-order valence-corrected chi connectivity index (χ2v) is 10.3. The van der Waals surface area contributed by atoms with E-state index in [1.807, 2.05) is 17.7 Å². The molecule has 32 heavy (non-hydrogen) atoms. The molecule has 2 amide bonds. The Morgan fingerprint density at radius 2 is 1.91 bits per heavy atom. The number of thioether (sulfide) groups is 1. The van der Waals surface area contributed by atoms with Gasteiger partial charge in [0.2, 0.25) is 11.8 Å². The first-order valence-corrected chi connectivity index (χ1v) is 12.6. The van der Waals surface area contributed by atoms with Gasteiger partial charge >= 0.3 is 0 Å². The maximum atomic E-state index is 12.8. The van der Waals surface area contributed by atoms with Crippen molar-refractivity contribution in [1.29, 1.82) is 5.26 Å². The standard InChI is InChI=1S/C22H24N4O4S2/c1-3-20(31-22-16(13-23)12-15-6-4-5-7-19(15)25-22)21(28)24-17-8-10-18(11-9-17)32(29,30)26-14(2)27/h8-12,20H,3-7H2,1-2H3,(H,24,28)(H,26,27). The number of hydrogen-bond donors (Lipinski definition) is 2. The van der Waals surface area contributed by atoms with E-state index in [1.165, 1.54) is 36.0 Å². The Kier molecular flexibility index (Phi) is 7.53. The molecule has 0 saturated heterocycles. The highest BCUT2D eigenvalue weighted by atomic mass is 32.2. The molecule has 0 fully saturated rings. The lowest BCUT2D eigenvalue weighted by atomic mass is 9.95. The highest BCUT2D eigenvalue weighted by Crippen LogP contribution is 2.31. The summed E-state index contributed by atoms with van der Waals surface area (Å²) in [5, 5.41) is 12.4. The van der Waals surface area contributed by atoms with Crippen LogP contribution in [0.25, 0.3) is 0 Å². The lowest BCUT2D eigenvalue weighted by Crippen LogP contribution is -2.28. The molecule has 1 aromatic heterocycles. The number of sulfonamides is 1. The van der Waals surface area contributed by atoms with Gasteiger partial charge in [-0.15, -0.1) is 0 Å². The fraction of sp³-hybridized carbons (Fsp3) is 0.364. The lowest BCUT2D eigenvalue weighted by molar-refractivity contribution is -0.117. The van der Waals surface area contributed by atoms with Gasteiger partial charge in [-0.25, -0.2) is 18.1 Å². The van der Waals surface area contributed by atoms with Crippen molar-refractivity contribution in [2.24, 2.45) is 0 Å². The van der Waals surface area contributed by atoms with Crippen LogP contribution < -0.4 is 10.0 Å². The number of rotatable bonds is 7. The van der Waals surface area contributed by atoms with Gasteiger partial charge in [-0.3, -0.25) is 9.59 Å². The molecular formula is C22H24N4O4S2. The van der Waals surface area contributed by atoms with E-state index < -0.39 is 21.2 Å². The average Bonchev–Trinajstić information content (AvgIpc) is 2.76. The SMILES string of the molecule is CCC(Sc1nc2c(cc1C#N)CCCC2)C(=O)Nc1ccc(S(=O)(=O)NC(C)=O)cc1. The van der Waals surface area contributed by atoms with Crippen LogP contribution in [-0.4, -0.2) is 30.5 Å². The first-order chi connectivity index (χ1) is 15.2. The number of anilines is 1. The number of amides is 2. The first-order valence-electron chi connectivity index (χ1n) is 10.3. The molecule has 2 N–H and O–H groups in total. The van der Waals surface area contributed by atoms with Crippen LogP contribution in [0, 0.1) is 11.3 Å². The van der Waals surface area contributed by atoms with Gasteiger partial charge in [-0.2, -0.15) is 5.26 Å². The van der Waals surface area contributed by atoms with Crippen LogP contribution in [0.3, 0.4) is 0 Å². The maximum Gasteiger partial charge on any atom is 0.264 e. The van der Waals surface area contributed by atoms with Gasteiger partial charge in [0, 0.05) is 18.3 Å². The van der Waals surface area contributed by atoms with Crippen molar-refractivity contribution in [2.45, 2.75) is 61.1 Å². The molecule has 1 heterocycles. The maximum absolute atomic E-state index is 12.8. The molecule has 1 aliphatic rings. The van der Waals surface area contributed by atoms with Crippen molar-refractivity contribution in [2.75, 3.05) is 5.32 Å². The molecule has 1 aliphatic carbocycles. The Morgan fingerprint density at radius 1 is 1.22 bits per heavy atom. The van der Waals surface area contributed by atoms with Gasteiger partial charge in [0.15, 0.2) is 0 Å². The van der Waals surface area contributed by atoms with Crippen molar-refractivity contribution in [3.63, 3.8) is 0 Å². The number of nitrogens with one attached hydrogen (secondary N) is 2. The van der Waals surface area contributed by atoms with E-state index in [1.54, 1.807) is 0 Å². The van der Waals surface area contributed by atoms with E-state index >= 15 is 0 Å². The van der Waals surface area contributed by atoms with Crippen molar-refractivity contribution in [1.82, 2.24) is 9.71 Å². The molecule has 0 saturated carbocycles. The van der Waals surface area contributed by atoms with Crippen LogP contribution in [0.5, 0.6) is 0 Å². The minimum atomic E-state index is -3.94. The summed E-state index contributed by atoms with van der Waals surface area (Å²) in [6, 6.07) is 9.63. The summed E-state index contributed by atoms with van der Waals surface area (Å²) in [5.41, 5.74) is 3.03. The Bertz CT molecular complexity index is 1170. The predicted octanol–water partition coefficient (Wildman–Crippen LogP) is 3.17. The number of aromatic nitrogens is 1. The lowest BCUT2D eigenvalue weighted by Gasteiger charge is -2.19. The fourth-order valence-electron chi connectivity index (χ4n) is 3.43. The van der Waals surface area contributed by atoms with Crippen molar-refractivity contribution >= 4 is 39.3 Å². The summed E-state index contributed by atoms with van der Waals surface area (Å²) < 4.78 is 26.0. The van der Waals surface area contributed by atoms with E-state index in [9.17, 15) is 23.3 Å². The second-order valence-electron chi connectivity index (χ2n) is 7.46. The topological polar surface area (TPSA) is 129 Å². The zero-order valence-corrected chi connectivity index (χ0v) is 19.5. The number of nitriles is 1. The molecular weight excluding hydrogens is 448 g/mol. The minimum Gasteiger partial charge on any atom is -0.325 e. The smallest absolute Gasteiger partial charge is 0.264 e. The molecule has 8 nitrogen and oxygen atoms in total. The van der Waals surface area contributed by atoms with Crippen LogP contribution in [0.2, 0.25) is 0 Å². The van der Waals surface area contributed by atoms with Crippen molar-refractivity contribution < 1.29 is 18.0 Å². The Morgan fingerprint density at radius 3 is 2.53 bits per heavy atom. The quantitative estimate of drug-likeness (QED) is 0.592. The number of hydrogen-bond acceptors (Lipinski definition) is 7. The molecule has 2 aromatic rings. The number of benzene rings is 1. The van der Waals surface area contributed by atoms with Crippen molar-refractivity contribution in [3.05, 3.63) is 47.2 Å². The summed E-state index contributed by atoms with van der Waals surface area (Å²) in [4.78, 5) is 28.5. The van der Waals surface area contributed by atoms with Gasteiger partial charge in [-0.1, -0.05) is 18.7 Å². The highest BCUT2D eigenvalue weighted by Gasteiger charge is 2.23.